The molecule has 1 atom stereocenters. The van der Waals surface area contributed by atoms with Gasteiger partial charge in [-0.3, -0.25) is 5.32 Å². The Morgan fingerprint density at radius 3 is 2.81 bits per heavy atom. The smallest absolute Gasteiger partial charge is 0.151 e. The lowest BCUT2D eigenvalue weighted by Gasteiger charge is -2.27. The number of benzene rings is 1. The summed E-state index contributed by atoms with van der Waals surface area (Å²) in [6.45, 7) is 0. The van der Waals surface area contributed by atoms with Gasteiger partial charge in [-0.25, -0.2) is 4.98 Å². The summed E-state index contributed by atoms with van der Waals surface area (Å²) in [5, 5.41) is 13.4. The molecule has 108 valence electrons. The van der Waals surface area contributed by atoms with Crippen LogP contribution in [0.2, 0.25) is 0 Å². The number of fused-ring (bicyclic) bond motifs is 1. The lowest BCUT2D eigenvalue weighted by molar-refractivity contribution is 0.401. The van der Waals surface area contributed by atoms with Gasteiger partial charge in [0.15, 0.2) is 4.34 Å². The molecule has 1 unspecified atom stereocenters. The first-order valence-electron chi connectivity index (χ1n) is 7.46. The van der Waals surface area contributed by atoms with Crippen molar-refractivity contribution in [1.82, 2.24) is 10.3 Å². The van der Waals surface area contributed by atoms with E-state index in [0.717, 1.165) is 15.6 Å². The zero-order chi connectivity index (χ0) is 14.3. The van der Waals surface area contributed by atoms with Gasteiger partial charge in [0, 0.05) is 11.8 Å². The summed E-state index contributed by atoms with van der Waals surface area (Å²) in [6.07, 6.45) is 4.82. The molecule has 2 aliphatic rings. The van der Waals surface area contributed by atoms with Crippen molar-refractivity contribution < 1.29 is 0 Å². The van der Waals surface area contributed by atoms with Crippen LogP contribution in [0, 0.1) is 17.2 Å². The van der Waals surface area contributed by atoms with Crippen molar-refractivity contribution in [1.29, 1.82) is 5.26 Å². The Kier molecular flexibility index (Phi) is 3.41. The highest BCUT2D eigenvalue weighted by atomic mass is 32.2. The van der Waals surface area contributed by atoms with Crippen molar-refractivity contribution in [2.24, 2.45) is 5.92 Å². The Labute approximate surface area is 132 Å². The number of para-hydroxylation sites is 1. The maximum atomic E-state index is 9.74. The van der Waals surface area contributed by atoms with E-state index in [1.807, 2.05) is 12.1 Å². The number of nitrogens with one attached hydrogen (secondary N) is 1. The highest BCUT2D eigenvalue weighted by Gasteiger charge is 2.48. The van der Waals surface area contributed by atoms with E-state index in [0.29, 0.717) is 12.0 Å². The van der Waals surface area contributed by atoms with Gasteiger partial charge >= 0.3 is 0 Å². The SMILES string of the molecule is N#CC(CSc1nc2ccccc2s1)(NC1CC1)C1CC1. The molecular formula is C16H17N3S2. The lowest BCUT2D eigenvalue weighted by atomic mass is 9.97. The average Bonchev–Trinajstić information content (AvgIpc) is 3.41. The van der Waals surface area contributed by atoms with Gasteiger partial charge in [-0.1, -0.05) is 23.9 Å². The van der Waals surface area contributed by atoms with E-state index in [1.165, 1.54) is 30.4 Å². The standard InChI is InChI=1S/C16H17N3S2/c17-9-16(11-5-6-11,19-12-7-8-12)10-20-15-18-13-3-1-2-4-14(13)21-15/h1-4,11-12,19H,5-8,10H2. The number of thiazole rings is 1. The van der Waals surface area contributed by atoms with Crippen LogP contribution in [-0.4, -0.2) is 22.3 Å². The minimum atomic E-state index is -0.344. The highest BCUT2D eigenvalue weighted by Crippen LogP contribution is 2.44. The summed E-state index contributed by atoms with van der Waals surface area (Å²) in [4.78, 5) is 4.67. The van der Waals surface area contributed by atoms with Crippen molar-refractivity contribution in [3.8, 4) is 6.07 Å². The van der Waals surface area contributed by atoms with Crippen LogP contribution in [0.15, 0.2) is 28.6 Å². The fraction of sp³-hybridized carbons (Fsp3) is 0.500. The Morgan fingerprint density at radius 2 is 2.14 bits per heavy atom. The molecular weight excluding hydrogens is 298 g/mol. The molecule has 0 aliphatic heterocycles. The number of rotatable bonds is 6. The maximum absolute atomic E-state index is 9.74. The highest BCUT2D eigenvalue weighted by molar-refractivity contribution is 8.01. The molecule has 1 heterocycles. The number of thioether (sulfide) groups is 1. The molecule has 2 saturated carbocycles. The van der Waals surface area contributed by atoms with Crippen LogP contribution in [0.5, 0.6) is 0 Å². The first kappa shape index (κ1) is 13.6. The van der Waals surface area contributed by atoms with Crippen LogP contribution in [0.3, 0.4) is 0 Å². The lowest BCUT2D eigenvalue weighted by Crippen LogP contribution is -2.49. The molecule has 21 heavy (non-hydrogen) atoms. The molecule has 5 heteroatoms. The van der Waals surface area contributed by atoms with Gasteiger partial charge in [0.05, 0.1) is 16.3 Å². The third-order valence-electron chi connectivity index (χ3n) is 4.21. The monoisotopic (exact) mass is 315 g/mol. The summed E-state index contributed by atoms with van der Waals surface area (Å²) in [5.74, 6) is 1.34. The van der Waals surface area contributed by atoms with Crippen LogP contribution in [0.25, 0.3) is 10.2 Å². The number of aromatic nitrogens is 1. The zero-order valence-corrected chi connectivity index (χ0v) is 13.3. The normalized spacial score (nSPS) is 21.1. The van der Waals surface area contributed by atoms with Crippen molar-refractivity contribution in [3.05, 3.63) is 24.3 Å². The molecule has 0 spiro atoms. The third-order valence-corrected chi connectivity index (χ3v) is 6.58. The predicted molar refractivity (Wildman–Crippen MR) is 87.6 cm³/mol. The second-order valence-electron chi connectivity index (χ2n) is 6.01. The van der Waals surface area contributed by atoms with E-state index >= 15 is 0 Å². The van der Waals surface area contributed by atoms with Gasteiger partial charge in [-0.2, -0.15) is 5.26 Å². The van der Waals surface area contributed by atoms with Gasteiger partial charge in [0.1, 0.15) is 5.54 Å². The number of hydrogen-bond acceptors (Lipinski definition) is 5. The molecule has 1 N–H and O–H groups in total. The Balaban J connectivity index is 1.51. The minimum absolute atomic E-state index is 0.344. The molecule has 2 aliphatic carbocycles. The summed E-state index contributed by atoms with van der Waals surface area (Å²) in [5.41, 5.74) is 0.720. The molecule has 2 fully saturated rings. The van der Waals surface area contributed by atoms with Crippen LogP contribution >= 0.6 is 23.1 Å². The third kappa shape index (κ3) is 2.80. The van der Waals surface area contributed by atoms with Gasteiger partial charge in [0.25, 0.3) is 0 Å². The molecule has 0 radical (unpaired) electrons. The van der Waals surface area contributed by atoms with E-state index in [1.54, 1.807) is 23.1 Å². The maximum Gasteiger partial charge on any atom is 0.151 e. The molecule has 1 aromatic carbocycles. The van der Waals surface area contributed by atoms with Gasteiger partial charge < -0.3 is 0 Å². The van der Waals surface area contributed by atoms with E-state index in [9.17, 15) is 5.26 Å². The van der Waals surface area contributed by atoms with Crippen LogP contribution < -0.4 is 5.32 Å². The predicted octanol–water partition coefficient (Wildman–Crippen LogP) is 3.81. The Morgan fingerprint density at radius 1 is 1.33 bits per heavy atom. The van der Waals surface area contributed by atoms with Crippen LogP contribution in [0.4, 0.5) is 0 Å². The van der Waals surface area contributed by atoms with Crippen molar-refractivity contribution in [3.63, 3.8) is 0 Å². The molecule has 1 aromatic heterocycles. The summed E-state index contributed by atoms with van der Waals surface area (Å²) in [7, 11) is 0. The molecule has 0 amide bonds. The molecule has 0 bridgehead atoms. The summed E-state index contributed by atoms with van der Waals surface area (Å²) < 4.78 is 2.30. The fourth-order valence-corrected chi connectivity index (χ4v) is 4.97. The quantitative estimate of drug-likeness (QED) is 0.823. The first-order chi connectivity index (χ1) is 10.3. The van der Waals surface area contributed by atoms with Crippen molar-refractivity contribution >= 4 is 33.3 Å². The van der Waals surface area contributed by atoms with Crippen molar-refractivity contribution in [2.45, 2.75) is 41.6 Å². The number of nitriles is 1. The van der Waals surface area contributed by atoms with Crippen molar-refractivity contribution in [2.75, 3.05) is 5.75 Å². The first-order valence-corrected chi connectivity index (χ1v) is 9.27. The Hall–Kier alpha value is -1.09. The Bertz CT molecular complexity index is 664. The second-order valence-corrected chi connectivity index (χ2v) is 8.27. The van der Waals surface area contributed by atoms with E-state index in [4.69, 9.17) is 0 Å². The minimum Gasteiger partial charge on any atom is -0.296 e. The zero-order valence-electron chi connectivity index (χ0n) is 11.7. The second kappa shape index (κ2) is 5.28. The topological polar surface area (TPSA) is 48.7 Å². The number of nitrogens with zero attached hydrogens (tertiary/aromatic N) is 2. The van der Waals surface area contributed by atoms with Crippen LogP contribution in [-0.2, 0) is 0 Å². The number of hydrogen-bond donors (Lipinski definition) is 1. The van der Waals surface area contributed by atoms with Gasteiger partial charge in [-0.15, -0.1) is 11.3 Å². The molecule has 2 aromatic rings. The summed E-state index contributed by atoms with van der Waals surface area (Å²) >= 11 is 3.47. The van der Waals surface area contributed by atoms with E-state index < -0.39 is 0 Å². The largest absolute Gasteiger partial charge is 0.296 e. The van der Waals surface area contributed by atoms with E-state index in [2.05, 4.69) is 28.5 Å². The van der Waals surface area contributed by atoms with E-state index in [-0.39, 0.29) is 5.54 Å². The average molecular weight is 315 g/mol. The fourth-order valence-electron chi connectivity index (χ4n) is 2.69. The summed E-state index contributed by atoms with van der Waals surface area (Å²) in [6, 6.07) is 11.4. The van der Waals surface area contributed by atoms with Crippen LogP contribution in [0.1, 0.15) is 25.7 Å². The molecule has 0 saturated heterocycles. The van der Waals surface area contributed by atoms with Gasteiger partial charge in [0.2, 0.25) is 0 Å². The molecule has 4 rings (SSSR count). The molecule has 3 nitrogen and oxygen atoms in total. The van der Waals surface area contributed by atoms with Gasteiger partial charge in [-0.05, 0) is 43.7 Å².